The number of methoxy groups -OCH3 is 2. The van der Waals surface area contributed by atoms with Crippen molar-refractivity contribution < 1.29 is 18.7 Å². The highest BCUT2D eigenvalue weighted by Crippen LogP contribution is 2.33. The Bertz CT molecular complexity index is 1040. The number of hydrogen-bond acceptors (Lipinski definition) is 4. The molecule has 0 aliphatic heterocycles. The molecule has 3 rings (SSSR count). The Balaban J connectivity index is 1.96. The van der Waals surface area contributed by atoms with E-state index >= 15 is 0 Å². The summed E-state index contributed by atoms with van der Waals surface area (Å²) in [6.45, 7) is 5.56. The van der Waals surface area contributed by atoms with Gasteiger partial charge in [0, 0.05) is 17.2 Å². The normalized spacial score (nSPS) is 10.5. The lowest BCUT2D eigenvalue weighted by Gasteiger charge is -2.15. The van der Waals surface area contributed by atoms with Gasteiger partial charge in [0.2, 0.25) is 0 Å². The Morgan fingerprint density at radius 3 is 2.55 bits per heavy atom. The van der Waals surface area contributed by atoms with Crippen LogP contribution in [0, 0.1) is 12.7 Å². The molecule has 0 saturated heterocycles. The number of anilines is 1. The zero-order valence-electron chi connectivity index (χ0n) is 16.5. The zero-order chi connectivity index (χ0) is 21.0. The van der Waals surface area contributed by atoms with Gasteiger partial charge in [-0.3, -0.25) is 4.79 Å². The third-order valence-corrected chi connectivity index (χ3v) is 4.33. The van der Waals surface area contributed by atoms with E-state index in [2.05, 4.69) is 17.0 Å². The van der Waals surface area contributed by atoms with Crippen LogP contribution in [0.25, 0.3) is 5.69 Å². The maximum atomic E-state index is 13.2. The van der Waals surface area contributed by atoms with E-state index in [0.717, 1.165) is 5.56 Å². The maximum absolute atomic E-state index is 13.2. The van der Waals surface area contributed by atoms with Gasteiger partial charge in [0.1, 0.15) is 11.6 Å². The van der Waals surface area contributed by atoms with Gasteiger partial charge in [0.15, 0.2) is 11.5 Å². The molecule has 0 radical (unpaired) electrons. The maximum Gasteiger partial charge on any atom is 0.256 e. The van der Waals surface area contributed by atoms with E-state index in [9.17, 15) is 9.18 Å². The number of allylic oxidation sites excluding steroid dienone is 1. The summed E-state index contributed by atoms with van der Waals surface area (Å²) in [5.41, 5.74) is 2.54. The summed E-state index contributed by atoms with van der Waals surface area (Å²) in [7, 11) is 3.07. The minimum Gasteiger partial charge on any atom is -0.493 e. The molecule has 0 aliphatic rings. The molecule has 6 nitrogen and oxygen atoms in total. The number of aromatic nitrogens is 2. The van der Waals surface area contributed by atoms with Crippen molar-refractivity contribution in [2.45, 2.75) is 13.3 Å². The first-order valence-electron chi connectivity index (χ1n) is 8.96. The van der Waals surface area contributed by atoms with Crippen LogP contribution in [0.3, 0.4) is 0 Å². The van der Waals surface area contributed by atoms with Crippen molar-refractivity contribution in [2.75, 3.05) is 19.5 Å². The summed E-state index contributed by atoms with van der Waals surface area (Å²) in [6, 6.07) is 11.0. The van der Waals surface area contributed by atoms with E-state index in [1.54, 1.807) is 48.2 Å². The number of rotatable bonds is 7. The predicted octanol–water partition coefficient (Wildman–Crippen LogP) is 4.32. The first kappa shape index (κ1) is 20.1. The summed E-state index contributed by atoms with van der Waals surface area (Å²) in [5.74, 6) is 0.818. The fourth-order valence-corrected chi connectivity index (χ4v) is 3.04. The number of hydrogen-bond donors (Lipinski definition) is 1. The SMILES string of the molecule is C=CCc1cc(C(=O)Nc2cc(C)nn2-c2ccc(F)cc2)cc(OC)c1OC. The second-order valence-corrected chi connectivity index (χ2v) is 6.38. The van der Waals surface area contributed by atoms with Gasteiger partial charge in [0.25, 0.3) is 5.91 Å². The number of amides is 1. The quantitative estimate of drug-likeness (QED) is 0.605. The highest BCUT2D eigenvalue weighted by Gasteiger charge is 2.18. The first-order chi connectivity index (χ1) is 14.0. The van der Waals surface area contributed by atoms with Crippen molar-refractivity contribution in [3.63, 3.8) is 0 Å². The highest BCUT2D eigenvalue weighted by molar-refractivity contribution is 6.04. The van der Waals surface area contributed by atoms with Crippen LogP contribution in [0.15, 0.2) is 55.1 Å². The topological polar surface area (TPSA) is 65.4 Å². The number of nitrogens with one attached hydrogen (secondary N) is 1. The lowest BCUT2D eigenvalue weighted by molar-refractivity contribution is 0.102. The van der Waals surface area contributed by atoms with E-state index < -0.39 is 0 Å². The van der Waals surface area contributed by atoms with Crippen molar-refractivity contribution in [2.24, 2.45) is 0 Å². The molecule has 29 heavy (non-hydrogen) atoms. The van der Waals surface area contributed by atoms with Crippen molar-refractivity contribution in [1.82, 2.24) is 9.78 Å². The third-order valence-electron chi connectivity index (χ3n) is 4.33. The smallest absolute Gasteiger partial charge is 0.256 e. The number of carbonyl (C=O) groups is 1. The Morgan fingerprint density at radius 2 is 1.93 bits per heavy atom. The number of carbonyl (C=O) groups excluding carboxylic acids is 1. The van der Waals surface area contributed by atoms with Gasteiger partial charge in [-0.15, -0.1) is 6.58 Å². The van der Waals surface area contributed by atoms with Gasteiger partial charge in [-0.1, -0.05) is 6.08 Å². The average Bonchev–Trinajstić information content (AvgIpc) is 3.08. The second-order valence-electron chi connectivity index (χ2n) is 6.38. The molecule has 0 bridgehead atoms. The standard InChI is InChI=1S/C22H22FN3O3/c1-5-6-15-12-16(13-19(28-3)21(15)29-4)22(27)24-20-11-14(2)25-26(20)18-9-7-17(23)8-10-18/h5,7-13H,1,6H2,2-4H3,(H,24,27). The molecule has 3 aromatic rings. The molecule has 0 atom stereocenters. The molecule has 150 valence electrons. The van der Waals surface area contributed by atoms with E-state index in [0.29, 0.717) is 40.7 Å². The van der Waals surface area contributed by atoms with Crippen molar-refractivity contribution in [3.8, 4) is 17.2 Å². The van der Waals surface area contributed by atoms with Gasteiger partial charge >= 0.3 is 0 Å². The second kappa shape index (κ2) is 8.60. The lowest BCUT2D eigenvalue weighted by Crippen LogP contribution is -2.16. The highest BCUT2D eigenvalue weighted by atomic mass is 19.1. The number of benzene rings is 2. The van der Waals surface area contributed by atoms with Crippen LogP contribution in [0.2, 0.25) is 0 Å². The monoisotopic (exact) mass is 395 g/mol. The Kier molecular flexibility index (Phi) is 5.97. The van der Waals surface area contributed by atoms with Crippen molar-refractivity contribution in [3.05, 3.63) is 77.8 Å². The molecule has 0 aliphatic carbocycles. The molecule has 0 spiro atoms. The van der Waals surface area contributed by atoms with Crippen molar-refractivity contribution >= 4 is 11.7 Å². The minimum atomic E-state index is -0.344. The molecule has 0 saturated carbocycles. The third kappa shape index (κ3) is 4.29. The fourth-order valence-electron chi connectivity index (χ4n) is 3.04. The fraction of sp³-hybridized carbons (Fsp3) is 0.182. The minimum absolute atomic E-state index is 0.334. The predicted molar refractivity (Wildman–Crippen MR) is 110 cm³/mol. The summed E-state index contributed by atoms with van der Waals surface area (Å²) >= 11 is 0. The molecule has 1 N–H and O–H groups in total. The Morgan fingerprint density at radius 1 is 1.21 bits per heavy atom. The zero-order valence-corrected chi connectivity index (χ0v) is 16.5. The van der Waals surface area contributed by atoms with Gasteiger partial charge in [-0.2, -0.15) is 5.10 Å². The number of nitrogens with zero attached hydrogens (tertiary/aromatic N) is 2. The van der Waals surface area contributed by atoms with E-state index in [-0.39, 0.29) is 11.7 Å². The van der Waals surface area contributed by atoms with Crippen LogP contribution in [-0.2, 0) is 6.42 Å². The summed E-state index contributed by atoms with van der Waals surface area (Å²) in [6.07, 6.45) is 2.25. The molecule has 1 heterocycles. The van der Waals surface area contributed by atoms with Gasteiger partial charge in [-0.05, 0) is 49.7 Å². The van der Waals surface area contributed by atoms with Gasteiger partial charge in [-0.25, -0.2) is 9.07 Å². The van der Waals surface area contributed by atoms with Crippen LogP contribution >= 0.6 is 0 Å². The molecule has 1 aromatic heterocycles. The summed E-state index contributed by atoms with van der Waals surface area (Å²) < 4.78 is 25.6. The van der Waals surface area contributed by atoms with E-state index in [1.807, 2.05) is 6.92 Å². The van der Waals surface area contributed by atoms with Gasteiger partial charge < -0.3 is 14.8 Å². The summed E-state index contributed by atoms with van der Waals surface area (Å²) in [5, 5.41) is 7.25. The first-order valence-corrected chi connectivity index (χ1v) is 8.96. The number of halogens is 1. The Labute approximate surface area is 168 Å². The van der Waals surface area contributed by atoms with Crippen LogP contribution < -0.4 is 14.8 Å². The number of ether oxygens (including phenoxy) is 2. The molecule has 7 heteroatoms. The largest absolute Gasteiger partial charge is 0.493 e. The molecule has 0 unspecified atom stereocenters. The molecule has 0 fully saturated rings. The molecule has 1 amide bonds. The lowest BCUT2D eigenvalue weighted by atomic mass is 10.0. The van der Waals surface area contributed by atoms with E-state index in [1.165, 1.54) is 19.2 Å². The van der Waals surface area contributed by atoms with Crippen molar-refractivity contribution in [1.29, 1.82) is 0 Å². The molecule has 2 aromatic carbocycles. The van der Waals surface area contributed by atoms with E-state index in [4.69, 9.17) is 9.47 Å². The average molecular weight is 395 g/mol. The van der Waals surface area contributed by atoms with Crippen LogP contribution in [0.5, 0.6) is 11.5 Å². The Hall–Kier alpha value is -3.61. The summed E-state index contributed by atoms with van der Waals surface area (Å²) in [4.78, 5) is 13.0. The van der Waals surface area contributed by atoms with Crippen LogP contribution in [-0.4, -0.2) is 29.9 Å². The number of aryl methyl sites for hydroxylation is 1. The van der Waals surface area contributed by atoms with Crippen LogP contribution in [0.1, 0.15) is 21.6 Å². The van der Waals surface area contributed by atoms with Crippen LogP contribution in [0.4, 0.5) is 10.2 Å². The molecular formula is C22H22FN3O3. The molecular weight excluding hydrogens is 373 g/mol. The van der Waals surface area contributed by atoms with Gasteiger partial charge in [0.05, 0.1) is 25.6 Å².